The number of nitrogens with zero attached hydrogens (tertiary/aromatic N) is 2. The number of carbonyl (C=O) groups excluding carboxylic acids is 2. The van der Waals surface area contributed by atoms with Crippen molar-refractivity contribution in [2.24, 2.45) is 5.92 Å². The maximum absolute atomic E-state index is 12.3. The molecule has 2 fully saturated rings. The minimum Gasteiger partial charge on any atom is -0.378 e. The summed E-state index contributed by atoms with van der Waals surface area (Å²) in [6.07, 6.45) is 4.39. The maximum atomic E-state index is 12.3. The molecule has 2 amide bonds. The fraction of sp³-hybridized carbons (Fsp3) is 0.579. The van der Waals surface area contributed by atoms with Crippen LogP contribution in [0.1, 0.15) is 31.2 Å². The molecule has 1 aliphatic heterocycles. The molecule has 0 radical (unpaired) electrons. The Hall–Kier alpha value is -2.04. The van der Waals surface area contributed by atoms with Crippen LogP contribution in [0.5, 0.6) is 0 Å². The molecule has 0 unspecified atom stereocenters. The van der Waals surface area contributed by atoms with Crippen molar-refractivity contribution in [3.63, 3.8) is 0 Å². The van der Waals surface area contributed by atoms with Gasteiger partial charge in [-0.2, -0.15) is 0 Å². The number of amides is 2. The van der Waals surface area contributed by atoms with E-state index in [-0.39, 0.29) is 23.8 Å². The second-order valence-corrected chi connectivity index (χ2v) is 7.20. The van der Waals surface area contributed by atoms with Gasteiger partial charge < -0.3 is 15.1 Å². The Labute approximate surface area is 144 Å². The highest BCUT2D eigenvalue weighted by atomic mass is 16.2. The first-order valence-corrected chi connectivity index (χ1v) is 8.87. The number of nitrogens with one attached hydrogen (secondary N) is 1. The molecule has 3 rings (SSSR count). The van der Waals surface area contributed by atoms with Crippen LogP contribution < -0.4 is 10.2 Å². The lowest BCUT2D eigenvalue weighted by atomic mass is 10.0. The largest absolute Gasteiger partial charge is 0.378 e. The smallest absolute Gasteiger partial charge is 0.225 e. The molecule has 2 aliphatic rings. The van der Waals surface area contributed by atoms with Gasteiger partial charge in [-0.1, -0.05) is 12.1 Å². The first-order valence-electron chi connectivity index (χ1n) is 8.87. The van der Waals surface area contributed by atoms with E-state index >= 15 is 0 Å². The van der Waals surface area contributed by atoms with Crippen LogP contribution in [0, 0.1) is 5.92 Å². The Morgan fingerprint density at radius 2 is 1.88 bits per heavy atom. The molecular formula is C19H27N3O2. The molecule has 1 aromatic carbocycles. The molecule has 5 nitrogen and oxygen atoms in total. The van der Waals surface area contributed by atoms with Crippen molar-refractivity contribution in [1.29, 1.82) is 0 Å². The number of carbonyl (C=O) groups is 2. The van der Waals surface area contributed by atoms with E-state index in [2.05, 4.69) is 5.32 Å². The predicted octanol–water partition coefficient (Wildman–Crippen LogP) is 1.81. The van der Waals surface area contributed by atoms with Crippen molar-refractivity contribution < 1.29 is 9.59 Å². The van der Waals surface area contributed by atoms with Crippen LogP contribution in [0.4, 0.5) is 5.69 Å². The van der Waals surface area contributed by atoms with Crippen LogP contribution in [-0.2, 0) is 16.0 Å². The number of hydrogen-bond acceptors (Lipinski definition) is 3. The molecule has 130 valence electrons. The molecular weight excluding hydrogens is 302 g/mol. The third-order valence-electron chi connectivity index (χ3n) is 4.84. The number of piperidine rings is 1. The van der Waals surface area contributed by atoms with Crippen molar-refractivity contribution in [1.82, 2.24) is 10.2 Å². The van der Waals surface area contributed by atoms with E-state index in [1.807, 2.05) is 48.2 Å². The summed E-state index contributed by atoms with van der Waals surface area (Å²) in [4.78, 5) is 28.5. The molecule has 1 N–H and O–H groups in total. The Bertz CT molecular complexity index is 593. The molecule has 1 aliphatic carbocycles. The van der Waals surface area contributed by atoms with Crippen molar-refractivity contribution >= 4 is 17.5 Å². The summed E-state index contributed by atoms with van der Waals surface area (Å²) in [5.41, 5.74) is 2.14. The van der Waals surface area contributed by atoms with Gasteiger partial charge >= 0.3 is 0 Å². The van der Waals surface area contributed by atoms with Gasteiger partial charge in [0.05, 0.1) is 6.42 Å². The molecule has 1 atom stereocenters. The van der Waals surface area contributed by atoms with Gasteiger partial charge in [0.1, 0.15) is 0 Å². The van der Waals surface area contributed by atoms with Crippen molar-refractivity contribution in [3.8, 4) is 0 Å². The second-order valence-electron chi connectivity index (χ2n) is 7.20. The predicted molar refractivity (Wildman–Crippen MR) is 94.9 cm³/mol. The van der Waals surface area contributed by atoms with E-state index in [1.54, 1.807) is 0 Å². The first-order chi connectivity index (χ1) is 11.5. The van der Waals surface area contributed by atoms with Gasteiger partial charge in [-0.25, -0.2) is 0 Å². The highest BCUT2D eigenvalue weighted by Crippen LogP contribution is 2.31. The van der Waals surface area contributed by atoms with Crippen molar-refractivity contribution in [2.75, 3.05) is 32.1 Å². The number of benzene rings is 1. The van der Waals surface area contributed by atoms with E-state index in [1.165, 1.54) is 0 Å². The monoisotopic (exact) mass is 329 g/mol. The van der Waals surface area contributed by atoms with Crippen LogP contribution in [0.3, 0.4) is 0 Å². The quantitative estimate of drug-likeness (QED) is 0.896. The summed E-state index contributed by atoms with van der Waals surface area (Å²) in [5, 5.41) is 3.11. The summed E-state index contributed by atoms with van der Waals surface area (Å²) in [5.74, 6) is 0.584. The van der Waals surface area contributed by atoms with Crippen LogP contribution in [0.25, 0.3) is 0 Å². The molecule has 5 heteroatoms. The summed E-state index contributed by atoms with van der Waals surface area (Å²) >= 11 is 0. The van der Waals surface area contributed by atoms with Gasteiger partial charge in [0.15, 0.2) is 0 Å². The summed E-state index contributed by atoms with van der Waals surface area (Å²) in [7, 11) is 4.00. The zero-order chi connectivity index (χ0) is 17.1. The number of hydrogen-bond donors (Lipinski definition) is 1. The first kappa shape index (κ1) is 16.8. The van der Waals surface area contributed by atoms with Crippen LogP contribution in [0.2, 0.25) is 0 Å². The van der Waals surface area contributed by atoms with E-state index in [0.29, 0.717) is 13.0 Å². The molecule has 0 spiro atoms. The Kier molecular flexibility index (Phi) is 5.07. The summed E-state index contributed by atoms with van der Waals surface area (Å²) in [6, 6.07) is 8.14. The van der Waals surface area contributed by atoms with Gasteiger partial charge in [-0.3, -0.25) is 9.59 Å². The topological polar surface area (TPSA) is 52.7 Å². The molecule has 1 saturated heterocycles. The average Bonchev–Trinajstić information content (AvgIpc) is 3.39. The van der Waals surface area contributed by atoms with Gasteiger partial charge in [0.25, 0.3) is 0 Å². The lowest BCUT2D eigenvalue weighted by Crippen LogP contribution is -2.50. The van der Waals surface area contributed by atoms with Gasteiger partial charge in [-0.15, -0.1) is 0 Å². The second kappa shape index (κ2) is 7.24. The fourth-order valence-electron chi connectivity index (χ4n) is 3.26. The number of anilines is 1. The van der Waals surface area contributed by atoms with E-state index in [4.69, 9.17) is 0 Å². The third kappa shape index (κ3) is 4.28. The molecule has 24 heavy (non-hydrogen) atoms. The van der Waals surface area contributed by atoms with E-state index < -0.39 is 0 Å². The summed E-state index contributed by atoms with van der Waals surface area (Å²) < 4.78 is 0. The Balaban J connectivity index is 1.49. The van der Waals surface area contributed by atoms with Crippen LogP contribution in [0.15, 0.2) is 24.3 Å². The fourth-order valence-corrected chi connectivity index (χ4v) is 3.26. The average molecular weight is 329 g/mol. The Morgan fingerprint density at radius 1 is 1.17 bits per heavy atom. The van der Waals surface area contributed by atoms with E-state index in [9.17, 15) is 9.59 Å². The minimum atomic E-state index is 0.0401. The highest BCUT2D eigenvalue weighted by Gasteiger charge is 2.35. The molecule has 0 bridgehead atoms. The highest BCUT2D eigenvalue weighted by molar-refractivity contribution is 5.82. The Morgan fingerprint density at radius 3 is 2.50 bits per heavy atom. The zero-order valence-corrected chi connectivity index (χ0v) is 14.6. The van der Waals surface area contributed by atoms with Gasteiger partial charge in [0, 0.05) is 44.8 Å². The number of likely N-dealkylation sites (tertiary alicyclic amines) is 1. The minimum absolute atomic E-state index is 0.0401. The van der Waals surface area contributed by atoms with Crippen LogP contribution >= 0.6 is 0 Å². The van der Waals surface area contributed by atoms with Gasteiger partial charge in [0.2, 0.25) is 11.8 Å². The normalized spacial score (nSPS) is 20.6. The van der Waals surface area contributed by atoms with Crippen molar-refractivity contribution in [2.45, 2.75) is 38.1 Å². The lowest BCUT2D eigenvalue weighted by molar-refractivity contribution is -0.134. The zero-order valence-electron chi connectivity index (χ0n) is 14.6. The molecule has 1 saturated carbocycles. The lowest BCUT2D eigenvalue weighted by Gasteiger charge is -2.33. The van der Waals surface area contributed by atoms with E-state index in [0.717, 1.165) is 43.5 Å². The summed E-state index contributed by atoms with van der Waals surface area (Å²) in [6.45, 7) is 1.51. The molecule has 0 aromatic heterocycles. The molecule has 1 aromatic rings. The standard InChI is InChI=1S/C19H27N3O2/c1-21(2)17-9-5-14(6-10-17)12-18(23)20-16-4-3-11-22(13-16)19(24)15-7-8-15/h5-6,9-10,15-16H,3-4,7-8,11-13H2,1-2H3,(H,20,23)/t16-/m1/s1. The third-order valence-corrected chi connectivity index (χ3v) is 4.84. The molecule has 1 heterocycles. The SMILES string of the molecule is CN(C)c1ccc(CC(=O)N[C@@H]2CCCN(C(=O)C3CC3)C2)cc1. The van der Waals surface area contributed by atoms with Crippen LogP contribution in [-0.4, -0.2) is 49.9 Å². The van der Waals surface area contributed by atoms with Gasteiger partial charge in [-0.05, 0) is 43.4 Å². The number of rotatable bonds is 5. The maximum Gasteiger partial charge on any atom is 0.225 e. The van der Waals surface area contributed by atoms with Crippen molar-refractivity contribution in [3.05, 3.63) is 29.8 Å².